The Balaban J connectivity index is 2.61. The molecule has 0 radical (unpaired) electrons. The van der Waals surface area contributed by atoms with Crippen molar-refractivity contribution in [1.29, 1.82) is 0 Å². The highest BCUT2D eigenvalue weighted by Crippen LogP contribution is 2.35. The van der Waals surface area contributed by atoms with E-state index in [4.69, 9.17) is 0 Å². The zero-order valence-corrected chi connectivity index (χ0v) is 9.02. The largest absolute Gasteiger partial charge is 0.352 e. The number of hydrogen-bond donors (Lipinski definition) is 1. The van der Waals surface area contributed by atoms with Gasteiger partial charge in [0.1, 0.15) is 5.56 Å². The van der Waals surface area contributed by atoms with Crippen LogP contribution in [0.3, 0.4) is 0 Å². The maximum absolute atomic E-state index is 11.6. The van der Waals surface area contributed by atoms with E-state index in [9.17, 15) is 14.9 Å². The van der Waals surface area contributed by atoms with Crippen LogP contribution in [0.2, 0.25) is 0 Å². The summed E-state index contributed by atoms with van der Waals surface area (Å²) in [7, 11) is 0. The molecule has 0 unspecified atom stereocenters. The van der Waals surface area contributed by atoms with E-state index in [0.717, 1.165) is 17.7 Å². The van der Waals surface area contributed by atoms with E-state index in [1.807, 2.05) is 0 Å². The van der Waals surface area contributed by atoms with Crippen LogP contribution in [0.1, 0.15) is 26.5 Å². The highest BCUT2D eigenvalue weighted by Gasteiger charge is 2.30. The van der Waals surface area contributed by atoms with Gasteiger partial charge in [-0.15, -0.1) is 11.3 Å². The summed E-state index contributed by atoms with van der Waals surface area (Å²) in [5.41, 5.74) is 0.259. The smallest absolute Gasteiger partial charge is 0.295 e. The Bertz CT molecular complexity index is 439. The minimum Gasteiger partial charge on any atom is -0.352 e. The van der Waals surface area contributed by atoms with Crippen molar-refractivity contribution in [3.8, 4) is 0 Å². The van der Waals surface area contributed by atoms with Crippen molar-refractivity contribution in [2.24, 2.45) is 0 Å². The molecule has 1 aliphatic heterocycles. The predicted octanol–water partition coefficient (Wildman–Crippen LogP) is 1.64. The fraction of sp³-hybridized carbons (Fsp3) is 0.444. The van der Waals surface area contributed by atoms with Crippen molar-refractivity contribution in [1.82, 2.24) is 5.32 Å². The number of nitrogens with zero attached hydrogens (tertiary/aromatic N) is 1. The third-order valence-electron chi connectivity index (χ3n) is 2.40. The second kappa shape index (κ2) is 3.62. The Hall–Kier alpha value is -1.43. The number of carbonyl (C=O) groups is 1. The van der Waals surface area contributed by atoms with Crippen molar-refractivity contribution >= 4 is 22.9 Å². The minimum absolute atomic E-state index is 0.0191. The maximum atomic E-state index is 11.6. The van der Waals surface area contributed by atoms with Gasteiger partial charge in [0.05, 0.1) is 9.80 Å². The van der Waals surface area contributed by atoms with Gasteiger partial charge in [-0.1, -0.05) is 0 Å². The van der Waals surface area contributed by atoms with Crippen LogP contribution in [0.5, 0.6) is 0 Å². The molecule has 1 aromatic rings. The number of nitrogens with one attached hydrogen (secondary N) is 1. The molecule has 1 amide bonds. The van der Waals surface area contributed by atoms with E-state index in [-0.39, 0.29) is 17.2 Å². The van der Waals surface area contributed by atoms with Crippen LogP contribution >= 0.6 is 11.3 Å². The van der Waals surface area contributed by atoms with Crippen molar-refractivity contribution in [2.45, 2.75) is 19.8 Å². The van der Waals surface area contributed by atoms with Crippen LogP contribution in [-0.2, 0) is 6.42 Å². The van der Waals surface area contributed by atoms with Crippen LogP contribution < -0.4 is 5.32 Å². The highest BCUT2D eigenvalue weighted by atomic mass is 32.1. The number of nitro groups is 1. The molecule has 0 bridgehead atoms. The lowest BCUT2D eigenvalue weighted by Crippen LogP contribution is -2.23. The number of thiophene rings is 1. The van der Waals surface area contributed by atoms with Gasteiger partial charge in [0, 0.05) is 11.4 Å². The Labute approximate surface area is 90.3 Å². The topological polar surface area (TPSA) is 72.2 Å². The number of hydrogen-bond acceptors (Lipinski definition) is 4. The standard InChI is InChI=1S/C9H10N2O3S/c1-5-8(11(13)14)7-6(15-5)3-2-4-10-9(7)12/h2-4H2,1H3,(H,10,12). The Morgan fingerprint density at radius 1 is 1.53 bits per heavy atom. The van der Waals surface area contributed by atoms with E-state index in [1.54, 1.807) is 6.92 Å². The number of amides is 1. The van der Waals surface area contributed by atoms with Gasteiger partial charge >= 0.3 is 0 Å². The molecule has 0 atom stereocenters. The van der Waals surface area contributed by atoms with E-state index < -0.39 is 4.92 Å². The summed E-state index contributed by atoms with van der Waals surface area (Å²) in [6, 6.07) is 0. The van der Waals surface area contributed by atoms with Gasteiger partial charge in [-0.05, 0) is 19.8 Å². The molecule has 0 saturated carbocycles. The molecule has 2 rings (SSSR count). The average Bonchev–Trinajstić information content (AvgIpc) is 2.40. The molecule has 80 valence electrons. The number of carbonyl (C=O) groups excluding carboxylic acids is 1. The molecule has 2 heterocycles. The minimum atomic E-state index is -0.463. The number of fused-ring (bicyclic) bond motifs is 1. The molecule has 0 fully saturated rings. The molecule has 6 heteroatoms. The fourth-order valence-electron chi connectivity index (χ4n) is 1.76. The summed E-state index contributed by atoms with van der Waals surface area (Å²) in [4.78, 5) is 23.5. The highest BCUT2D eigenvalue weighted by molar-refractivity contribution is 7.12. The molecular weight excluding hydrogens is 216 g/mol. The van der Waals surface area contributed by atoms with Crippen molar-refractivity contribution in [3.63, 3.8) is 0 Å². The van der Waals surface area contributed by atoms with Crippen LogP contribution in [0, 0.1) is 17.0 Å². The Kier molecular flexibility index (Phi) is 2.44. The Morgan fingerprint density at radius 3 is 2.93 bits per heavy atom. The zero-order valence-electron chi connectivity index (χ0n) is 8.20. The number of aryl methyl sites for hydroxylation is 2. The second-order valence-corrected chi connectivity index (χ2v) is 4.73. The van der Waals surface area contributed by atoms with Crippen molar-refractivity contribution < 1.29 is 9.72 Å². The summed E-state index contributed by atoms with van der Waals surface area (Å²) in [5, 5.41) is 13.5. The molecule has 5 nitrogen and oxygen atoms in total. The van der Waals surface area contributed by atoms with Crippen LogP contribution in [0.4, 0.5) is 5.69 Å². The molecule has 1 aliphatic rings. The molecule has 15 heavy (non-hydrogen) atoms. The monoisotopic (exact) mass is 226 g/mol. The number of rotatable bonds is 1. The van der Waals surface area contributed by atoms with Gasteiger partial charge in [0.15, 0.2) is 0 Å². The quantitative estimate of drug-likeness (QED) is 0.584. The summed E-state index contributed by atoms with van der Waals surface area (Å²) in [6.07, 6.45) is 1.59. The molecule has 0 aromatic carbocycles. The molecule has 0 spiro atoms. The lowest BCUT2D eigenvalue weighted by atomic mass is 10.1. The second-order valence-electron chi connectivity index (χ2n) is 3.42. The lowest BCUT2D eigenvalue weighted by Gasteiger charge is -1.98. The summed E-state index contributed by atoms with van der Waals surface area (Å²) >= 11 is 1.36. The first kappa shape index (κ1) is 10.1. The lowest BCUT2D eigenvalue weighted by molar-refractivity contribution is -0.385. The van der Waals surface area contributed by atoms with Crippen LogP contribution in [0.15, 0.2) is 0 Å². The van der Waals surface area contributed by atoms with Gasteiger partial charge in [-0.3, -0.25) is 14.9 Å². The zero-order chi connectivity index (χ0) is 11.0. The van der Waals surface area contributed by atoms with E-state index in [2.05, 4.69) is 5.32 Å². The van der Waals surface area contributed by atoms with Gasteiger partial charge in [-0.25, -0.2) is 0 Å². The van der Waals surface area contributed by atoms with Crippen LogP contribution in [-0.4, -0.2) is 17.4 Å². The normalized spacial score (nSPS) is 15.4. The fourth-order valence-corrected chi connectivity index (χ4v) is 2.94. The van der Waals surface area contributed by atoms with Crippen molar-refractivity contribution in [2.75, 3.05) is 6.54 Å². The molecule has 1 aromatic heterocycles. The van der Waals surface area contributed by atoms with Gasteiger partial charge < -0.3 is 5.32 Å². The van der Waals surface area contributed by atoms with Gasteiger partial charge in [-0.2, -0.15) is 0 Å². The van der Waals surface area contributed by atoms with Gasteiger partial charge in [0.25, 0.3) is 11.6 Å². The van der Waals surface area contributed by atoms with Gasteiger partial charge in [0.2, 0.25) is 0 Å². The first-order valence-electron chi connectivity index (χ1n) is 4.66. The first-order chi connectivity index (χ1) is 7.11. The summed E-state index contributed by atoms with van der Waals surface area (Å²) in [6.45, 7) is 2.28. The average molecular weight is 226 g/mol. The predicted molar refractivity (Wildman–Crippen MR) is 56.4 cm³/mol. The van der Waals surface area contributed by atoms with Crippen LogP contribution in [0.25, 0.3) is 0 Å². The molecular formula is C9H10N2O3S. The molecule has 1 N–H and O–H groups in total. The first-order valence-corrected chi connectivity index (χ1v) is 5.47. The molecule has 0 saturated heterocycles. The maximum Gasteiger partial charge on any atom is 0.295 e. The summed E-state index contributed by atoms with van der Waals surface area (Å²) in [5.74, 6) is -0.307. The van der Waals surface area contributed by atoms with E-state index in [0.29, 0.717) is 11.4 Å². The Morgan fingerprint density at radius 2 is 2.27 bits per heavy atom. The third-order valence-corrected chi connectivity index (χ3v) is 3.56. The molecule has 0 aliphatic carbocycles. The SMILES string of the molecule is Cc1sc2c(c1[N+](=O)[O-])C(=O)NCCC2. The van der Waals surface area contributed by atoms with Crippen molar-refractivity contribution in [3.05, 3.63) is 25.4 Å². The third kappa shape index (κ3) is 1.61. The summed E-state index contributed by atoms with van der Waals surface area (Å²) < 4.78 is 0. The van der Waals surface area contributed by atoms with E-state index >= 15 is 0 Å². The van der Waals surface area contributed by atoms with E-state index in [1.165, 1.54) is 11.3 Å².